The highest BCUT2D eigenvalue weighted by molar-refractivity contribution is 6.13. The number of hydrogen-bond acceptors (Lipinski definition) is 1. The first-order chi connectivity index (χ1) is 28.8. The van der Waals surface area contributed by atoms with Gasteiger partial charge in [-0.1, -0.05) is 170 Å². The summed E-state index contributed by atoms with van der Waals surface area (Å²) in [5.41, 5.74) is 14.0. The standard InChI is InChI=1S/C56H38N2/c1-3-15-39(16-4-1)42-18-13-21-46(37-42)57(45-33-29-41(30-34-45)48-25-14-26-50-47-22-8-7-17-40(47)31-35-51(48)50)54-27-11-9-23-49(54)43-32-36-56-53(38-43)52-24-10-12-28-55(52)58(56)44-19-5-2-6-20-44/h1-38H. The Balaban J connectivity index is 1.08. The van der Waals surface area contributed by atoms with E-state index in [0.29, 0.717) is 0 Å². The first kappa shape index (κ1) is 33.6. The molecule has 2 heteroatoms. The van der Waals surface area contributed by atoms with Crippen molar-refractivity contribution in [3.05, 3.63) is 231 Å². The molecule has 0 aliphatic rings. The third-order valence-electron chi connectivity index (χ3n) is 11.6. The molecule has 10 aromatic carbocycles. The van der Waals surface area contributed by atoms with Gasteiger partial charge in [0.25, 0.3) is 0 Å². The molecular weight excluding hydrogens is 701 g/mol. The minimum Gasteiger partial charge on any atom is -0.310 e. The lowest BCUT2D eigenvalue weighted by Crippen LogP contribution is -2.11. The SMILES string of the molecule is c1ccc(-c2cccc(N(c3ccc(-c4cccc5c4ccc4ccccc45)cc3)c3ccccc3-c3ccc4c(c3)c3ccccc3n4-c3ccccc3)c2)cc1. The Morgan fingerprint density at radius 2 is 0.931 bits per heavy atom. The average Bonchev–Trinajstić information content (AvgIpc) is 3.64. The molecule has 0 amide bonds. The number of benzene rings is 10. The van der Waals surface area contributed by atoms with Gasteiger partial charge in [-0.25, -0.2) is 0 Å². The van der Waals surface area contributed by atoms with Crippen LogP contribution < -0.4 is 4.90 Å². The molecule has 11 aromatic rings. The van der Waals surface area contributed by atoms with Gasteiger partial charge in [-0.05, 0) is 110 Å². The summed E-state index contributed by atoms with van der Waals surface area (Å²) < 4.78 is 2.38. The van der Waals surface area contributed by atoms with Crippen molar-refractivity contribution in [1.82, 2.24) is 4.57 Å². The van der Waals surface area contributed by atoms with E-state index in [1.54, 1.807) is 0 Å². The van der Waals surface area contributed by atoms with E-state index in [-0.39, 0.29) is 0 Å². The van der Waals surface area contributed by atoms with E-state index in [2.05, 4.69) is 240 Å². The highest BCUT2D eigenvalue weighted by Crippen LogP contribution is 2.44. The third kappa shape index (κ3) is 5.74. The Bertz CT molecular complexity index is 3270. The number of anilines is 3. The average molecular weight is 739 g/mol. The van der Waals surface area contributed by atoms with E-state index in [4.69, 9.17) is 0 Å². The Kier molecular flexibility index (Phi) is 8.19. The van der Waals surface area contributed by atoms with Crippen molar-refractivity contribution in [3.8, 4) is 39.1 Å². The molecule has 0 unspecified atom stereocenters. The highest BCUT2D eigenvalue weighted by atomic mass is 15.1. The second-order valence-electron chi connectivity index (χ2n) is 14.9. The topological polar surface area (TPSA) is 8.17 Å². The summed E-state index contributed by atoms with van der Waals surface area (Å²) >= 11 is 0. The maximum atomic E-state index is 2.42. The number of rotatable bonds is 7. The zero-order valence-electron chi connectivity index (χ0n) is 31.8. The molecule has 0 N–H and O–H groups in total. The summed E-state index contributed by atoms with van der Waals surface area (Å²) in [5, 5.41) is 7.55. The van der Waals surface area contributed by atoms with Gasteiger partial charge in [0, 0.05) is 33.4 Å². The van der Waals surface area contributed by atoms with Crippen molar-refractivity contribution in [2.24, 2.45) is 0 Å². The van der Waals surface area contributed by atoms with Gasteiger partial charge in [0.15, 0.2) is 0 Å². The molecule has 0 bridgehead atoms. The van der Waals surface area contributed by atoms with Crippen LogP contribution in [0.2, 0.25) is 0 Å². The van der Waals surface area contributed by atoms with Gasteiger partial charge in [0.1, 0.15) is 0 Å². The van der Waals surface area contributed by atoms with Gasteiger partial charge in [-0.2, -0.15) is 0 Å². The van der Waals surface area contributed by atoms with E-state index >= 15 is 0 Å². The summed E-state index contributed by atoms with van der Waals surface area (Å²) in [6, 6.07) is 83.7. The van der Waals surface area contributed by atoms with Crippen LogP contribution >= 0.6 is 0 Å². The Hall–Kier alpha value is -7.68. The zero-order valence-corrected chi connectivity index (χ0v) is 31.8. The lowest BCUT2D eigenvalue weighted by atomic mass is 9.94. The molecule has 0 spiro atoms. The van der Waals surface area contributed by atoms with E-state index < -0.39 is 0 Å². The number of hydrogen-bond donors (Lipinski definition) is 0. The second kappa shape index (κ2) is 14.1. The lowest BCUT2D eigenvalue weighted by Gasteiger charge is -2.28. The summed E-state index contributed by atoms with van der Waals surface area (Å²) in [5.74, 6) is 0. The smallest absolute Gasteiger partial charge is 0.0541 e. The molecule has 0 fully saturated rings. The summed E-state index contributed by atoms with van der Waals surface area (Å²) in [6.45, 7) is 0. The van der Waals surface area contributed by atoms with Gasteiger partial charge < -0.3 is 9.47 Å². The minimum absolute atomic E-state index is 1.09. The van der Waals surface area contributed by atoms with Crippen LogP contribution in [-0.2, 0) is 0 Å². The first-order valence-corrected chi connectivity index (χ1v) is 19.9. The van der Waals surface area contributed by atoms with E-state index in [1.165, 1.54) is 71.2 Å². The van der Waals surface area contributed by atoms with Crippen LogP contribution in [0.25, 0.3) is 82.4 Å². The van der Waals surface area contributed by atoms with Crippen molar-refractivity contribution in [2.75, 3.05) is 4.90 Å². The van der Waals surface area contributed by atoms with Gasteiger partial charge in [0.2, 0.25) is 0 Å². The quantitative estimate of drug-likeness (QED) is 0.148. The van der Waals surface area contributed by atoms with Crippen LogP contribution in [0.3, 0.4) is 0 Å². The number of aromatic nitrogens is 1. The monoisotopic (exact) mass is 738 g/mol. The summed E-state index contributed by atoms with van der Waals surface area (Å²) in [4.78, 5) is 2.42. The fourth-order valence-electron chi connectivity index (χ4n) is 8.87. The maximum Gasteiger partial charge on any atom is 0.0541 e. The van der Waals surface area contributed by atoms with E-state index in [9.17, 15) is 0 Å². The second-order valence-corrected chi connectivity index (χ2v) is 14.9. The zero-order chi connectivity index (χ0) is 38.4. The molecule has 0 saturated heterocycles. The molecule has 58 heavy (non-hydrogen) atoms. The van der Waals surface area contributed by atoms with E-state index in [1.807, 2.05) is 0 Å². The molecule has 0 atom stereocenters. The van der Waals surface area contributed by atoms with Crippen LogP contribution in [-0.4, -0.2) is 4.57 Å². The molecule has 11 rings (SSSR count). The van der Waals surface area contributed by atoms with E-state index in [0.717, 1.165) is 28.3 Å². The Morgan fingerprint density at radius 3 is 1.79 bits per heavy atom. The summed E-state index contributed by atoms with van der Waals surface area (Å²) in [6.07, 6.45) is 0. The molecule has 272 valence electrons. The van der Waals surface area contributed by atoms with Crippen molar-refractivity contribution in [2.45, 2.75) is 0 Å². The molecular formula is C56H38N2. The van der Waals surface area contributed by atoms with Crippen LogP contribution in [0.4, 0.5) is 17.1 Å². The number of fused-ring (bicyclic) bond motifs is 6. The Labute approximate surface area is 338 Å². The Morgan fingerprint density at radius 1 is 0.293 bits per heavy atom. The maximum absolute atomic E-state index is 2.42. The molecule has 0 saturated carbocycles. The predicted octanol–water partition coefficient (Wildman–Crippen LogP) is 15.6. The van der Waals surface area contributed by atoms with Crippen LogP contribution in [0.1, 0.15) is 0 Å². The van der Waals surface area contributed by atoms with Crippen molar-refractivity contribution >= 4 is 60.4 Å². The number of nitrogens with zero attached hydrogens (tertiary/aromatic N) is 2. The normalized spacial score (nSPS) is 11.4. The minimum atomic E-state index is 1.09. The van der Waals surface area contributed by atoms with Gasteiger partial charge in [-0.15, -0.1) is 0 Å². The fourth-order valence-corrected chi connectivity index (χ4v) is 8.87. The lowest BCUT2D eigenvalue weighted by molar-refractivity contribution is 1.18. The summed E-state index contributed by atoms with van der Waals surface area (Å²) in [7, 11) is 0. The molecule has 0 aliphatic heterocycles. The fraction of sp³-hybridized carbons (Fsp3) is 0. The molecule has 2 nitrogen and oxygen atoms in total. The van der Waals surface area contributed by atoms with Crippen LogP contribution in [0.5, 0.6) is 0 Å². The molecule has 0 radical (unpaired) electrons. The van der Waals surface area contributed by atoms with Gasteiger partial charge in [-0.3, -0.25) is 0 Å². The van der Waals surface area contributed by atoms with Crippen molar-refractivity contribution in [1.29, 1.82) is 0 Å². The molecule has 0 aliphatic carbocycles. The molecule has 1 heterocycles. The third-order valence-corrected chi connectivity index (χ3v) is 11.6. The van der Waals surface area contributed by atoms with Crippen LogP contribution in [0.15, 0.2) is 231 Å². The molecule has 1 aromatic heterocycles. The van der Waals surface area contributed by atoms with Crippen molar-refractivity contribution in [3.63, 3.8) is 0 Å². The first-order valence-electron chi connectivity index (χ1n) is 19.9. The van der Waals surface area contributed by atoms with Crippen molar-refractivity contribution < 1.29 is 0 Å². The van der Waals surface area contributed by atoms with Crippen LogP contribution in [0, 0.1) is 0 Å². The highest BCUT2D eigenvalue weighted by Gasteiger charge is 2.20. The number of para-hydroxylation sites is 3. The van der Waals surface area contributed by atoms with Gasteiger partial charge in [0.05, 0.1) is 16.7 Å². The predicted molar refractivity (Wildman–Crippen MR) is 247 cm³/mol. The largest absolute Gasteiger partial charge is 0.310 e. The van der Waals surface area contributed by atoms with Gasteiger partial charge >= 0.3 is 0 Å².